The molecule has 0 aromatic carbocycles. The molecule has 0 heterocycles. The Morgan fingerprint density at radius 1 is 0.371 bits per heavy atom. The van der Waals surface area contributed by atoms with Gasteiger partial charge in [0.25, 0.3) is 17.1 Å². The van der Waals surface area contributed by atoms with E-state index in [1.165, 1.54) is 33.0 Å². The van der Waals surface area contributed by atoms with Gasteiger partial charge in [0.1, 0.15) is 3.64 Å². The molecule has 0 atom stereocenters. The summed E-state index contributed by atoms with van der Waals surface area (Å²) in [5, 5.41) is 0. The fourth-order valence-corrected chi connectivity index (χ4v) is 74.7. The van der Waals surface area contributed by atoms with Crippen LogP contribution in [0.25, 0.3) is 0 Å². The van der Waals surface area contributed by atoms with Crippen molar-refractivity contribution in [3.63, 3.8) is 0 Å². The van der Waals surface area contributed by atoms with Crippen LogP contribution in [0.4, 0.5) is 0 Å². The van der Waals surface area contributed by atoms with E-state index < -0.39 is 20.7 Å². The Morgan fingerprint density at radius 3 is 0.629 bits per heavy atom. The van der Waals surface area contributed by atoms with Gasteiger partial charge in [-0.3, -0.25) is 0 Å². The first-order valence-corrected chi connectivity index (χ1v) is 28.1. The first-order valence-electron chi connectivity index (χ1n) is 11.3. The van der Waals surface area contributed by atoms with Gasteiger partial charge in [0.2, 0.25) is 0 Å². The maximum atomic E-state index is 6.37. The lowest BCUT2D eigenvalue weighted by Crippen LogP contribution is -2.07. The summed E-state index contributed by atoms with van der Waals surface area (Å²) in [7, 11) is 0. The standard InChI is InChI=1S/C18H42O6P4S7/c1-13(2)19-25(29,20-14(3)4)33-28(32,34-26(30,21-15(5)6)22-16(7)8)35-27(31,23-17(9)10)24-18(11)12/h13-18H,1-12H3. The Hall–Kier alpha value is 3.41. The van der Waals surface area contributed by atoms with Gasteiger partial charge in [-0.1, -0.05) is 11.8 Å². The summed E-state index contributed by atoms with van der Waals surface area (Å²) < 4.78 is 34.4. The number of hydrogen-bond donors (Lipinski definition) is 0. The molecule has 0 saturated heterocycles. The molecule has 0 bridgehead atoms. The Labute approximate surface area is 245 Å². The Morgan fingerprint density at radius 2 is 0.514 bits per heavy atom. The Balaban J connectivity index is 6.70. The molecule has 0 spiro atoms. The summed E-state index contributed by atoms with van der Waals surface area (Å²) in [4.78, 5) is 0. The SMILES string of the molecule is CC(C)OP(=S)(OC(C)C)SP(=S)(SP(=S)(OC(C)C)OC(C)C)SP(=S)(OC(C)C)OC(C)C. The van der Waals surface area contributed by atoms with Crippen molar-refractivity contribution in [1.82, 2.24) is 0 Å². The van der Waals surface area contributed by atoms with Gasteiger partial charge in [0.05, 0.1) is 36.6 Å². The molecule has 0 radical (unpaired) electrons. The van der Waals surface area contributed by atoms with E-state index in [4.69, 9.17) is 74.4 Å². The first-order chi connectivity index (χ1) is 15.6. The molecular weight excluding hydrogens is 661 g/mol. The molecule has 212 valence electrons. The molecule has 0 aliphatic heterocycles. The largest absolute Gasteiger partial charge is 0.319 e. The predicted octanol–water partition coefficient (Wildman–Crippen LogP) is 10.6. The van der Waals surface area contributed by atoms with E-state index in [2.05, 4.69) is 0 Å². The normalized spacial score (nSPS) is 14.5. The van der Waals surface area contributed by atoms with Crippen molar-refractivity contribution in [1.29, 1.82) is 0 Å². The number of rotatable bonds is 18. The van der Waals surface area contributed by atoms with Crippen LogP contribution in [0.15, 0.2) is 0 Å². The van der Waals surface area contributed by atoms with Crippen molar-refractivity contribution in [2.45, 2.75) is 120 Å². The predicted molar refractivity (Wildman–Crippen MR) is 177 cm³/mol. The monoisotopic (exact) mass is 702 g/mol. The van der Waals surface area contributed by atoms with Crippen LogP contribution in [0.2, 0.25) is 0 Å². The van der Waals surface area contributed by atoms with Crippen molar-refractivity contribution >= 4 is 101 Å². The van der Waals surface area contributed by atoms with Gasteiger partial charge < -0.3 is 27.1 Å². The average molecular weight is 703 g/mol. The van der Waals surface area contributed by atoms with Crippen LogP contribution in [0.1, 0.15) is 83.1 Å². The molecule has 0 unspecified atom stereocenters. The average Bonchev–Trinajstić information content (AvgIpc) is 2.46. The van der Waals surface area contributed by atoms with Crippen LogP contribution in [0.5, 0.6) is 0 Å². The van der Waals surface area contributed by atoms with E-state index in [-0.39, 0.29) is 36.6 Å². The zero-order chi connectivity index (χ0) is 27.8. The van der Waals surface area contributed by atoms with Gasteiger partial charge in [-0.2, -0.15) is 0 Å². The van der Waals surface area contributed by atoms with Gasteiger partial charge in [0, 0.05) is 0 Å². The Kier molecular flexibility index (Phi) is 18.4. The van der Waals surface area contributed by atoms with Crippen LogP contribution in [-0.2, 0) is 74.4 Å². The van der Waals surface area contributed by atoms with Crippen molar-refractivity contribution in [2.24, 2.45) is 0 Å². The minimum Gasteiger partial charge on any atom is -0.319 e. The second kappa shape index (κ2) is 16.8. The third-order valence-corrected chi connectivity index (χ3v) is 47.0. The molecule has 0 amide bonds. The minimum atomic E-state index is -2.89. The molecule has 0 aromatic rings. The van der Waals surface area contributed by atoms with Gasteiger partial charge >= 0.3 is 0 Å². The van der Waals surface area contributed by atoms with Crippen LogP contribution >= 0.6 is 53.7 Å². The smallest absolute Gasteiger partial charge is 0.254 e. The van der Waals surface area contributed by atoms with Crippen LogP contribution in [-0.4, -0.2) is 36.6 Å². The molecule has 0 N–H and O–H groups in total. The summed E-state index contributed by atoms with van der Waals surface area (Å²) >= 11 is 28.4. The van der Waals surface area contributed by atoms with Gasteiger partial charge in [-0.15, -0.1) is 0 Å². The van der Waals surface area contributed by atoms with E-state index in [9.17, 15) is 0 Å². The maximum absolute atomic E-state index is 6.37. The highest BCUT2D eigenvalue weighted by molar-refractivity contribution is 9.42. The van der Waals surface area contributed by atoms with Crippen molar-refractivity contribution in [2.75, 3.05) is 0 Å². The lowest BCUT2D eigenvalue weighted by Gasteiger charge is -2.36. The summed E-state index contributed by atoms with van der Waals surface area (Å²) in [5.74, 6) is 0. The molecule has 0 aliphatic carbocycles. The lowest BCUT2D eigenvalue weighted by atomic mass is 10.5. The molecular formula is C18H42O6P4S7. The summed E-state index contributed by atoms with van der Waals surface area (Å²) in [6.07, 6.45) is -0.865. The van der Waals surface area contributed by atoms with Crippen LogP contribution in [0, 0.1) is 0 Å². The highest BCUT2D eigenvalue weighted by atomic mass is 33.7. The van der Waals surface area contributed by atoms with Gasteiger partial charge in [-0.25, -0.2) is 0 Å². The highest BCUT2D eigenvalue weighted by Crippen LogP contribution is 3.01. The van der Waals surface area contributed by atoms with E-state index >= 15 is 0 Å². The summed E-state index contributed by atoms with van der Waals surface area (Å²) in [6.45, 7) is 23.1. The molecule has 0 rings (SSSR count). The van der Waals surface area contributed by atoms with Crippen molar-refractivity contribution in [3.05, 3.63) is 0 Å². The molecule has 6 nitrogen and oxygen atoms in total. The second-order valence-electron chi connectivity index (χ2n) is 8.96. The maximum Gasteiger partial charge on any atom is 0.254 e. The fraction of sp³-hybridized carbons (Fsp3) is 1.00. The number of hydrogen-bond acceptors (Lipinski definition) is 13. The van der Waals surface area contributed by atoms with Gasteiger partial charge in [0.15, 0.2) is 0 Å². The zero-order valence-corrected chi connectivity index (χ0v) is 31.9. The quantitative estimate of drug-likeness (QED) is 0.127. The first kappa shape index (κ1) is 38.4. The van der Waals surface area contributed by atoms with E-state index in [1.807, 2.05) is 83.1 Å². The fourth-order valence-electron chi connectivity index (χ4n) is 2.15. The third-order valence-electron chi connectivity index (χ3n) is 2.64. The molecule has 0 saturated carbocycles. The van der Waals surface area contributed by atoms with E-state index in [0.717, 1.165) is 0 Å². The highest BCUT2D eigenvalue weighted by Gasteiger charge is 2.44. The molecule has 0 aliphatic rings. The van der Waals surface area contributed by atoms with Crippen LogP contribution in [0.3, 0.4) is 0 Å². The topological polar surface area (TPSA) is 55.4 Å². The summed E-state index contributed by atoms with van der Waals surface area (Å²) in [5.41, 5.74) is -8.66. The summed E-state index contributed by atoms with van der Waals surface area (Å²) in [6, 6.07) is 0. The van der Waals surface area contributed by atoms with Crippen LogP contribution < -0.4 is 0 Å². The lowest BCUT2D eigenvalue weighted by molar-refractivity contribution is 0.185. The van der Waals surface area contributed by atoms with E-state index in [0.29, 0.717) is 0 Å². The third kappa shape index (κ3) is 17.7. The minimum absolute atomic E-state index is 0.144. The van der Waals surface area contributed by atoms with Gasteiger partial charge in [-0.05, 0) is 152 Å². The zero-order valence-electron chi connectivity index (χ0n) is 22.6. The van der Waals surface area contributed by atoms with Crippen molar-refractivity contribution < 1.29 is 27.1 Å². The Bertz CT molecular complexity index is 692. The molecule has 0 aromatic heterocycles. The molecule has 35 heavy (non-hydrogen) atoms. The molecule has 17 heteroatoms. The molecule has 0 fully saturated rings. The second-order valence-corrected chi connectivity index (χ2v) is 41.6. The van der Waals surface area contributed by atoms with Crippen molar-refractivity contribution in [3.8, 4) is 0 Å². The van der Waals surface area contributed by atoms with E-state index in [1.54, 1.807) is 0 Å².